The summed E-state index contributed by atoms with van der Waals surface area (Å²) in [4.78, 5) is 23.9. The first-order valence-electron chi connectivity index (χ1n) is 5.35. The van der Waals surface area contributed by atoms with Crippen molar-refractivity contribution in [1.29, 1.82) is 0 Å². The summed E-state index contributed by atoms with van der Waals surface area (Å²) in [6, 6.07) is 0. The minimum atomic E-state index is -0.437. The Labute approximate surface area is 89.6 Å². The molecule has 2 rings (SSSR count). The van der Waals surface area contributed by atoms with Crippen LogP contribution >= 0.6 is 0 Å². The number of carbonyl (C=O) groups excluding carboxylic acids is 2. The summed E-state index contributed by atoms with van der Waals surface area (Å²) in [6.45, 7) is 6.94. The van der Waals surface area contributed by atoms with Crippen LogP contribution in [0.1, 0.15) is 20.8 Å². The highest BCUT2D eigenvalue weighted by Gasteiger charge is 2.57. The summed E-state index contributed by atoms with van der Waals surface area (Å²) in [5, 5.41) is 0. The van der Waals surface area contributed by atoms with Crippen LogP contribution in [-0.4, -0.2) is 36.0 Å². The number of rotatable bonds is 1. The van der Waals surface area contributed by atoms with Gasteiger partial charge in [0.05, 0.1) is 0 Å². The van der Waals surface area contributed by atoms with Crippen molar-refractivity contribution in [2.24, 2.45) is 17.8 Å². The number of piperidine rings is 1. The van der Waals surface area contributed by atoms with Gasteiger partial charge in [0.2, 0.25) is 0 Å². The predicted octanol–water partition coefficient (Wildman–Crippen LogP) is 1.30. The van der Waals surface area contributed by atoms with Crippen LogP contribution in [-0.2, 0) is 9.53 Å². The second kappa shape index (κ2) is 3.22. The average molecular weight is 211 g/mol. The molecular formula is C11H17NO3. The van der Waals surface area contributed by atoms with Gasteiger partial charge in [-0.2, -0.15) is 0 Å². The lowest BCUT2D eigenvalue weighted by Crippen LogP contribution is -2.37. The maximum absolute atomic E-state index is 11.6. The van der Waals surface area contributed by atoms with E-state index in [4.69, 9.17) is 4.74 Å². The van der Waals surface area contributed by atoms with Crippen LogP contribution < -0.4 is 0 Å². The topological polar surface area (TPSA) is 46.6 Å². The molecule has 4 nitrogen and oxygen atoms in total. The quantitative estimate of drug-likeness (QED) is 0.614. The number of likely N-dealkylation sites (tertiary alicyclic amines) is 1. The van der Waals surface area contributed by atoms with Crippen LogP contribution in [0.25, 0.3) is 0 Å². The van der Waals surface area contributed by atoms with Crippen LogP contribution in [0, 0.1) is 17.8 Å². The summed E-state index contributed by atoms with van der Waals surface area (Å²) < 4.78 is 5.26. The van der Waals surface area contributed by atoms with Crippen molar-refractivity contribution in [3.8, 4) is 0 Å². The molecule has 0 aromatic carbocycles. The molecule has 1 aliphatic carbocycles. The number of aldehydes is 1. The molecule has 0 spiro atoms. The highest BCUT2D eigenvalue weighted by atomic mass is 16.6. The fourth-order valence-corrected chi connectivity index (χ4v) is 2.25. The Hall–Kier alpha value is -1.06. The number of ether oxygens (including phenoxy) is 1. The molecule has 0 bridgehead atoms. The smallest absolute Gasteiger partial charge is 0.410 e. The van der Waals surface area contributed by atoms with E-state index in [1.165, 1.54) is 0 Å². The van der Waals surface area contributed by atoms with E-state index in [-0.39, 0.29) is 12.0 Å². The normalized spacial score (nSPS) is 33.5. The van der Waals surface area contributed by atoms with Gasteiger partial charge >= 0.3 is 6.09 Å². The van der Waals surface area contributed by atoms with E-state index in [1.807, 2.05) is 20.8 Å². The Morgan fingerprint density at radius 3 is 2.27 bits per heavy atom. The van der Waals surface area contributed by atoms with Crippen LogP contribution in [0.4, 0.5) is 4.79 Å². The second-order valence-corrected chi connectivity index (χ2v) is 5.43. The molecule has 84 valence electrons. The van der Waals surface area contributed by atoms with Crippen molar-refractivity contribution < 1.29 is 14.3 Å². The van der Waals surface area contributed by atoms with Gasteiger partial charge in [-0.25, -0.2) is 4.79 Å². The van der Waals surface area contributed by atoms with Gasteiger partial charge in [-0.3, -0.25) is 0 Å². The van der Waals surface area contributed by atoms with E-state index >= 15 is 0 Å². The molecule has 1 saturated heterocycles. The minimum absolute atomic E-state index is 0.198. The molecule has 0 unspecified atom stereocenters. The molecule has 2 aliphatic rings. The minimum Gasteiger partial charge on any atom is -0.444 e. The van der Waals surface area contributed by atoms with Gasteiger partial charge in [0.25, 0.3) is 0 Å². The van der Waals surface area contributed by atoms with Gasteiger partial charge in [-0.05, 0) is 32.6 Å². The number of hydrogen-bond donors (Lipinski definition) is 0. The zero-order valence-corrected chi connectivity index (χ0v) is 9.40. The summed E-state index contributed by atoms with van der Waals surface area (Å²) in [6.07, 6.45) is 0.765. The molecule has 1 amide bonds. The first-order valence-corrected chi connectivity index (χ1v) is 5.35. The number of fused-ring (bicyclic) bond motifs is 1. The molecule has 3 atom stereocenters. The first-order chi connectivity index (χ1) is 6.92. The fourth-order valence-electron chi connectivity index (χ4n) is 2.25. The lowest BCUT2D eigenvalue weighted by molar-refractivity contribution is -0.109. The van der Waals surface area contributed by atoms with E-state index in [0.717, 1.165) is 6.29 Å². The number of amides is 1. The Balaban J connectivity index is 1.84. The van der Waals surface area contributed by atoms with Gasteiger partial charge in [0.1, 0.15) is 11.9 Å². The summed E-state index contributed by atoms with van der Waals surface area (Å²) >= 11 is 0. The largest absolute Gasteiger partial charge is 0.444 e. The van der Waals surface area contributed by atoms with Crippen molar-refractivity contribution in [3.05, 3.63) is 0 Å². The van der Waals surface area contributed by atoms with Crippen LogP contribution in [0.3, 0.4) is 0 Å². The van der Waals surface area contributed by atoms with E-state index < -0.39 is 5.60 Å². The molecule has 1 aliphatic heterocycles. The average Bonchev–Trinajstić information content (AvgIpc) is 2.54. The van der Waals surface area contributed by atoms with Gasteiger partial charge in [0.15, 0.2) is 0 Å². The number of nitrogens with zero attached hydrogens (tertiary/aromatic N) is 1. The van der Waals surface area contributed by atoms with E-state index in [0.29, 0.717) is 24.9 Å². The van der Waals surface area contributed by atoms with Crippen molar-refractivity contribution in [2.75, 3.05) is 13.1 Å². The lowest BCUT2D eigenvalue weighted by Gasteiger charge is -2.25. The Bertz CT molecular complexity index is 283. The zero-order valence-electron chi connectivity index (χ0n) is 9.40. The SMILES string of the molecule is CC(C)(C)OC(=O)N1C[C@@H]2[C@H](C=O)[C@@H]2C1. The van der Waals surface area contributed by atoms with E-state index in [9.17, 15) is 9.59 Å². The standard InChI is InChI=1S/C11H17NO3/c1-11(2,3)15-10(14)12-4-7-8(5-12)9(7)6-13/h6-9H,4-5H2,1-3H3/t7-,8+,9-. The molecule has 1 saturated carbocycles. The third-order valence-electron chi connectivity index (χ3n) is 3.07. The number of hydrogen-bond acceptors (Lipinski definition) is 3. The van der Waals surface area contributed by atoms with Gasteiger partial charge in [-0.1, -0.05) is 0 Å². The van der Waals surface area contributed by atoms with Crippen LogP contribution in [0.2, 0.25) is 0 Å². The fraction of sp³-hybridized carbons (Fsp3) is 0.818. The summed E-state index contributed by atoms with van der Waals surface area (Å²) in [7, 11) is 0. The predicted molar refractivity (Wildman–Crippen MR) is 54.3 cm³/mol. The van der Waals surface area contributed by atoms with Crippen molar-refractivity contribution in [2.45, 2.75) is 26.4 Å². The zero-order chi connectivity index (χ0) is 11.2. The van der Waals surface area contributed by atoms with Gasteiger partial charge in [0, 0.05) is 19.0 Å². The Kier molecular flexibility index (Phi) is 2.24. The highest BCUT2D eigenvalue weighted by Crippen LogP contribution is 2.50. The first kappa shape index (κ1) is 10.5. The van der Waals surface area contributed by atoms with Crippen molar-refractivity contribution in [3.63, 3.8) is 0 Å². The highest BCUT2D eigenvalue weighted by molar-refractivity contribution is 5.70. The van der Waals surface area contributed by atoms with Gasteiger partial charge < -0.3 is 14.4 Å². The summed E-state index contributed by atoms with van der Waals surface area (Å²) in [5.74, 6) is 0.994. The van der Waals surface area contributed by atoms with Crippen LogP contribution in [0.15, 0.2) is 0 Å². The monoisotopic (exact) mass is 211 g/mol. The molecule has 1 heterocycles. The van der Waals surface area contributed by atoms with Crippen molar-refractivity contribution in [1.82, 2.24) is 4.90 Å². The maximum atomic E-state index is 11.6. The Morgan fingerprint density at radius 1 is 1.33 bits per heavy atom. The molecule has 15 heavy (non-hydrogen) atoms. The third-order valence-corrected chi connectivity index (χ3v) is 3.07. The molecule has 0 radical (unpaired) electrons. The number of carbonyl (C=O) groups is 2. The summed E-state index contributed by atoms with van der Waals surface area (Å²) in [5.41, 5.74) is -0.437. The second-order valence-electron chi connectivity index (χ2n) is 5.43. The molecule has 4 heteroatoms. The van der Waals surface area contributed by atoms with Gasteiger partial charge in [-0.15, -0.1) is 0 Å². The molecule has 2 fully saturated rings. The Morgan fingerprint density at radius 2 is 1.87 bits per heavy atom. The maximum Gasteiger partial charge on any atom is 0.410 e. The van der Waals surface area contributed by atoms with Crippen molar-refractivity contribution >= 4 is 12.4 Å². The molecular weight excluding hydrogens is 194 g/mol. The lowest BCUT2D eigenvalue weighted by atomic mass is 10.2. The molecule has 0 aromatic heterocycles. The van der Waals surface area contributed by atoms with Crippen LogP contribution in [0.5, 0.6) is 0 Å². The molecule has 0 N–H and O–H groups in total. The molecule has 0 aromatic rings. The van der Waals surface area contributed by atoms with E-state index in [2.05, 4.69) is 0 Å². The third kappa shape index (κ3) is 1.98. The van der Waals surface area contributed by atoms with E-state index in [1.54, 1.807) is 4.90 Å².